The Morgan fingerprint density at radius 1 is 1.20 bits per heavy atom. The molecular formula is C13H12BrNO4S. The van der Waals surface area contributed by atoms with Gasteiger partial charge in [-0.15, -0.1) is 0 Å². The number of methoxy groups -OCH3 is 1. The molecule has 2 rings (SSSR count). The first-order chi connectivity index (χ1) is 9.44. The number of hydrogen-bond acceptors (Lipinski definition) is 4. The first-order valence-corrected chi connectivity index (χ1v) is 7.86. The standard InChI is InChI=1S/C13H12BrNO4S/c1-19-12-8-9(6-7-10(12)14)15-20(17,18)13-5-3-2-4-11(13)16/h2-8,15-16H,1H3. The van der Waals surface area contributed by atoms with Gasteiger partial charge in [0.2, 0.25) is 0 Å². The van der Waals surface area contributed by atoms with Crippen LogP contribution in [0.5, 0.6) is 11.5 Å². The van der Waals surface area contributed by atoms with Crippen molar-refractivity contribution in [3.8, 4) is 11.5 Å². The second-order valence-corrected chi connectivity index (χ2v) is 6.43. The van der Waals surface area contributed by atoms with Crippen LogP contribution in [0.2, 0.25) is 0 Å². The van der Waals surface area contributed by atoms with Gasteiger partial charge < -0.3 is 9.84 Å². The number of sulfonamides is 1. The zero-order valence-electron chi connectivity index (χ0n) is 10.5. The molecule has 0 unspecified atom stereocenters. The predicted molar refractivity (Wildman–Crippen MR) is 79.6 cm³/mol. The van der Waals surface area contributed by atoms with Gasteiger partial charge in [0.15, 0.2) is 0 Å². The number of halogens is 1. The minimum Gasteiger partial charge on any atom is -0.507 e. The average Bonchev–Trinajstić information content (AvgIpc) is 2.41. The highest BCUT2D eigenvalue weighted by atomic mass is 79.9. The van der Waals surface area contributed by atoms with E-state index in [9.17, 15) is 13.5 Å². The van der Waals surface area contributed by atoms with Crippen molar-refractivity contribution in [1.82, 2.24) is 0 Å². The molecule has 2 aromatic rings. The molecule has 0 aromatic heterocycles. The van der Waals surface area contributed by atoms with Crippen LogP contribution in [0.4, 0.5) is 5.69 Å². The monoisotopic (exact) mass is 357 g/mol. The van der Waals surface area contributed by atoms with Crippen molar-refractivity contribution in [3.05, 3.63) is 46.9 Å². The van der Waals surface area contributed by atoms with Gasteiger partial charge in [-0.3, -0.25) is 4.72 Å². The van der Waals surface area contributed by atoms with Crippen LogP contribution in [0.1, 0.15) is 0 Å². The summed E-state index contributed by atoms with van der Waals surface area (Å²) in [6.45, 7) is 0. The maximum atomic E-state index is 12.2. The minimum absolute atomic E-state index is 0.179. The van der Waals surface area contributed by atoms with Crippen LogP contribution >= 0.6 is 15.9 Å². The Kier molecular flexibility index (Phi) is 4.20. The van der Waals surface area contributed by atoms with Crippen LogP contribution in [0, 0.1) is 0 Å². The summed E-state index contributed by atoms with van der Waals surface area (Å²) in [5.41, 5.74) is 0.341. The molecule has 0 heterocycles. The summed E-state index contributed by atoms with van der Waals surface area (Å²) in [4.78, 5) is -0.179. The number of rotatable bonds is 4. The lowest BCUT2D eigenvalue weighted by molar-refractivity contribution is 0.412. The van der Waals surface area contributed by atoms with E-state index in [1.165, 1.54) is 25.3 Å². The second-order valence-electron chi connectivity index (χ2n) is 3.92. The molecule has 2 aromatic carbocycles. The Bertz CT molecular complexity index is 731. The van der Waals surface area contributed by atoms with Crippen molar-refractivity contribution in [2.45, 2.75) is 4.90 Å². The third kappa shape index (κ3) is 3.05. The number of phenols is 1. The van der Waals surface area contributed by atoms with E-state index in [1.54, 1.807) is 24.3 Å². The molecule has 0 aliphatic heterocycles. The Morgan fingerprint density at radius 2 is 1.90 bits per heavy atom. The molecular weight excluding hydrogens is 346 g/mol. The molecule has 0 aliphatic carbocycles. The van der Waals surface area contributed by atoms with Crippen molar-refractivity contribution < 1.29 is 18.3 Å². The maximum Gasteiger partial charge on any atom is 0.265 e. The van der Waals surface area contributed by atoms with E-state index in [1.807, 2.05) is 0 Å². The van der Waals surface area contributed by atoms with Gasteiger partial charge in [-0.05, 0) is 40.2 Å². The molecule has 5 nitrogen and oxygen atoms in total. The van der Waals surface area contributed by atoms with Crippen LogP contribution in [0.3, 0.4) is 0 Å². The van der Waals surface area contributed by atoms with E-state index < -0.39 is 10.0 Å². The summed E-state index contributed by atoms with van der Waals surface area (Å²) in [5, 5.41) is 9.62. The zero-order valence-corrected chi connectivity index (χ0v) is 12.9. The Labute approximate surface area is 125 Å². The second kappa shape index (κ2) is 5.72. The normalized spacial score (nSPS) is 11.1. The Hall–Kier alpha value is -1.73. The number of nitrogens with one attached hydrogen (secondary N) is 1. The summed E-state index contributed by atoms with van der Waals surface area (Å²) in [7, 11) is -2.37. The van der Waals surface area contributed by atoms with Crippen LogP contribution in [-0.2, 0) is 10.0 Å². The third-order valence-electron chi connectivity index (χ3n) is 2.56. The van der Waals surface area contributed by atoms with Crippen LogP contribution in [-0.4, -0.2) is 20.6 Å². The lowest BCUT2D eigenvalue weighted by Gasteiger charge is -2.11. The fraction of sp³-hybridized carbons (Fsp3) is 0.0769. The zero-order chi connectivity index (χ0) is 14.8. The number of anilines is 1. The van der Waals surface area contributed by atoms with Gasteiger partial charge in [0.25, 0.3) is 10.0 Å². The molecule has 0 saturated carbocycles. The maximum absolute atomic E-state index is 12.2. The molecule has 0 saturated heterocycles. The van der Waals surface area contributed by atoms with Gasteiger partial charge in [0, 0.05) is 6.07 Å². The number of benzene rings is 2. The first kappa shape index (κ1) is 14.7. The largest absolute Gasteiger partial charge is 0.507 e. The number of aromatic hydroxyl groups is 1. The number of ether oxygens (including phenoxy) is 1. The summed E-state index contributed by atoms with van der Waals surface area (Å²) in [5.74, 6) is 0.201. The van der Waals surface area contributed by atoms with Crippen molar-refractivity contribution >= 4 is 31.6 Å². The molecule has 0 bridgehead atoms. The highest BCUT2D eigenvalue weighted by Gasteiger charge is 2.18. The SMILES string of the molecule is COc1cc(NS(=O)(=O)c2ccccc2O)ccc1Br. The van der Waals surface area contributed by atoms with E-state index in [4.69, 9.17) is 4.74 Å². The van der Waals surface area contributed by atoms with E-state index in [2.05, 4.69) is 20.7 Å². The Balaban J connectivity index is 2.36. The average molecular weight is 358 g/mol. The number of phenolic OH excluding ortho intramolecular Hbond substituents is 1. The fourth-order valence-electron chi connectivity index (χ4n) is 1.62. The van der Waals surface area contributed by atoms with E-state index in [0.29, 0.717) is 15.9 Å². The van der Waals surface area contributed by atoms with Gasteiger partial charge in [0.05, 0.1) is 17.3 Å². The topological polar surface area (TPSA) is 75.6 Å². The van der Waals surface area contributed by atoms with E-state index in [0.717, 1.165) is 0 Å². The number of para-hydroxylation sites is 1. The highest BCUT2D eigenvalue weighted by Crippen LogP contribution is 2.30. The third-order valence-corrected chi connectivity index (χ3v) is 4.64. The lowest BCUT2D eigenvalue weighted by Crippen LogP contribution is -2.13. The molecule has 0 atom stereocenters. The molecule has 0 aliphatic rings. The quantitative estimate of drug-likeness (QED) is 0.881. The molecule has 0 spiro atoms. The summed E-state index contributed by atoms with van der Waals surface area (Å²) < 4.78 is 32.6. The highest BCUT2D eigenvalue weighted by molar-refractivity contribution is 9.10. The van der Waals surface area contributed by atoms with Crippen LogP contribution in [0.15, 0.2) is 51.8 Å². The minimum atomic E-state index is -3.85. The Morgan fingerprint density at radius 3 is 2.55 bits per heavy atom. The fourth-order valence-corrected chi connectivity index (χ4v) is 3.17. The van der Waals surface area contributed by atoms with Gasteiger partial charge in [-0.2, -0.15) is 0 Å². The molecule has 0 radical (unpaired) electrons. The summed E-state index contributed by atoms with van der Waals surface area (Å²) >= 11 is 3.28. The van der Waals surface area contributed by atoms with Crippen LogP contribution < -0.4 is 9.46 Å². The van der Waals surface area contributed by atoms with E-state index >= 15 is 0 Å². The molecule has 0 amide bonds. The molecule has 2 N–H and O–H groups in total. The van der Waals surface area contributed by atoms with Crippen molar-refractivity contribution in [2.24, 2.45) is 0 Å². The van der Waals surface area contributed by atoms with Gasteiger partial charge in [-0.25, -0.2) is 8.42 Å². The lowest BCUT2D eigenvalue weighted by atomic mass is 10.3. The number of hydrogen-bond donors (Lipinski definition) is 2. The summed E-state index contributed by atoms with van der Waals surface area (Å²) in [6, 6.07) is 10.5. The molecule has 0 fully saturated rings. The molecule has 20 heavy (non-hydrogen) atoms. The smallest absolute Gasteiger partial charge is 0.265 e. The van der Waals surface area contributed by atoms with Gasteiger partial charge >= 0.3 is 0 Å². The van der Waals surface area contributed by atoms with Gasteiger partial charge in [0.1, 0.15) is 16.4 Å². The molecule has 7 heteroatoms. The van der Waals surface area contributed by atoms with Crippen molar-refractivity contribution in [3.63, 3.8) is 0 Å². The molecule has 106 valence electrons. The van der Waals surface area contributed by atoms with E-state index in [-0.39, 0.29) is 10.6 Å². The van der Waals surface area contributed by atoms with Crippen molar-refractivity contribution in [2.75, 3.05) is 11.8 Å². The van der Waals surface area contributed by atoms with Crippen LogP contribution in [0.25, 0.3) is 0 Å². The predicted octanol–water partition coefficient (Wildman–Crippen LogP) is 2.96. The summed E-state index contributed by atoms with van der Waals surface area (Å²) in [6.07, 6.45) is 0. The first-order valence-electron chi connectivity index (χ1n) is 5.58. The van der Waals surface area contributed by atoms with Crippen molar-refractivity contribution in [1.29, 1.82) is 0 Å². The van der Waals surface area contributed by atoms with Gasteiger partial charge in [-0.1, -0.05) is 12.1 Å².